The maximum Gasteiger partial charge on any atom is 0.323 e. The lowest BCUT2D eigenvalue weighted by Gasteiger charge is -2.14. The minimum absolute atomic E-state index is 0.0587. The van der Waals surface area contributed by atoms with Crippen LogP contribution in [0.4, 0.5) is 4.79 Å². The van der Waals surface area contributed by atoms with Gasteiger partial charge >= 0.3 is 18.0 Å². The predicted octanol–water partition coefficient (Wildman–Crippen LogP) is -0.724. The summed E-state index contributed by atoms with van der Waals surface area (Å²) >= 11 is 0. The molecular weight excluding hydrogens is 204 g/mol. The smallest absolute Gasteiger partial charge is 0.323 e. The van der Waals surface area contributed by atoms with Gasteiger partial charge < -0.3 is 20.1 Å². The molecule has 2 N–H and O–H groups in total. The Labute approximate surface area is 87.0 Å². The number of methoxy groups -OCH3 is 1. The topological polar surface area (TPSA) is 95.9 Å². The number of nitrogens with one attached hydrogen (secondary N) is 1. The molecule has 0 aliphatic carbocycles. The summed E-state index contributed by atoms with van der Waals surface area (Å²) in [6.45, 7) is -0.264. The van der Waals surface area contributed by atoms with E-state index in [-0.39, 0.29) is 19.5 Å². The van der Waals surface area contributed by atoms with E-state index >= 15 is 0 Å². The maximum atomic E-state index is 11.1. The molecule has 0 bridgehead atoms. The predicted molar refractivity (Wildman–Crippen MR) is 50.3 cm³/mol. The second-order valence-corrected chi connectivity index (χ2v) is 2.81. The largest absolute Gasteiger partial charge is 0.480 e. The van der Waals surface area contributed by atoms with E-state index in [1.165, 1.54) is 14.2 Å². The van der Waals surface area contributed by atoms with Crippen molar-refractivity contribution in [2.24, 2.45) is 0 Å². The zero-order valence-electron chi connectivity index (χ0n) is 8.65. The molecule has 86 valence electrons. The minimum atomic E-state index is -1.10. The zero-order chi connectivity index (χ0) is 11.8. The first-order chi connectivity index (χ1) is 6.97. The Balaban J connectivity index is 3.73. The van der Waals surface area contributed by atoms with Crippen LogP contribution in [0.25, 0.3) is 0 Å². The van der Waals surface area contributed by atoms with E-state index in [0.717, 1.165) is 4.90 Å². The fraction of sp³-hybridized carbons (Fsp3) is 0.625. The van der Waals surface area contributed by atoms with Crippen molar-refractivity contribution >= 4 is 18.0 Å². The third-order valence-corrected chi connectivity index (χ3v) is 1.55. The third kappa shape index (κ3) is 6.30. The van der Waals surface area contributed by atoms with Crippen molar-refractivity contribution in [3.8, 4) is 0 Å². The van der Waals surface area contributed by atoms with Gasteiger partial charge in [0.05, 0.1) is 13.5 Å². The third-order valence-electron chi connectivity index (χ3n) is 1.55. The summed E-state index contributed by atoms with van der Waals surface area (Å²) < 4.78 is 4.36. The number of likely N-dealkylation sites (N-methyl/N-ethyl adjacent to an activating group) is 1. The first kappa shape index (κ1) is 13.2. The van der Waals surface area contributed by atoms with E-state index < -0.39 is 18.0 Å². The Morgan fingerprint density at radius 2 is 2.00 bits per heavy atom. The Bertz CT molecular complexity index is 253. The van der Waals surface area contributed by atoms with Gasteiger partial charge in [0.1, 0.15) is 6.54 Å². The summed E-state index contributed by atoms with van der Waals surface area (Å²) in [5, 5.41) is 10.8. The molecule has 2 amide bonds. The van der Waals surface area contributed by atoms with Gasteiger partial charge in [-0.3, -0.25) is 9.59 Å². The lowest BCUT2D eigenvalue weighted by Crippen LogP contribution is -2.40. The summed E-state index contributed by atoms with van der Waals surface area (Å²) in [6.07, 6.45) is 0.0587. The van der Waals surface area contributed by atoms with Crippen molar-refractivity contribution in [1.29, 1.82) is 0 Å². The molecule has 0 spiro atoms. The standard InChI is InChI=1S/C8H14N2O5/c1-10(5-6(11)12)8(14)9-4-3-7(13)15-2/h3-5H2,1-2H3,(H,9,14)(H,11,12). The second kappa shape index (κ2) is 6.63. The number of hydrogen-bond donors (Lipinski definition) is 2. The van der Waals surface area contributed by atoms with E-state index in [4.69, 9.17) is 5.11 Å². The maximum absolute atomic E-state index is 11.1. The number of urea groups is 1. The van der Waals surface area contributed by atoms with Gasteiger partial charge in [-0.2, -0.15) is 0 Å². The van der Waals surface area contributed by atoms with Crippen molar-refractivity contribution in [3.63, 3.8) is 0 Å². The van der Waals surface area contributed by atoms with Crippen molar-refractivity contribution in [1.82, 2.24) is 10.2 Å². The van der Waals surface area contributed by atoms with Crippen LogP contribution in [-0.2, 0) is 14.3 Å². The average molecular weight is 218 g/mol. The summed E-state index contributed by atoms with van der Waals surface area (Å²) in [4.78, 5) is 33.1. The molecular formula is C8H14N2O5. The summed E-state index contributed by atoms with van der Waals surface area (Å²) in [6, 6.07) is -0.540. The lowest BCUT2D eigenvalue weighted by atomic mass is 10.4. The molecule has 0 aromatic carbocycles. The Morgan fingerprint density at radius 1 is 1.40 bits per heavy atom. The molecule has 0 heterocycles. The van der Waals surface area contributed by atoms with Gasteiger partial charge in [-0.15, -0.1) is 0 Å². The van der Waals surface area contributed by atoms with Crippen LogP contribution in [0.1, 0.15) is 6.42 Å². The van der Waals surface area contributed by atoms with Gasteiger partial charge in [0.25, 0.3) is 0 Å². The normalized spacial score (nSPS) is 9.20. The van der Waals surface area contributed by atoms with Crippen LogP contribution in [-0.4, -0.2) is 55.2 Å². The van der Waals surface area contributed by atoms with Crippen LogP contribution in [0.15, 0.2) is 0 Å². The Kier molecular flexibility index (Phi) is 5.84. The van der Waals surface area contributed by atoms with E-state index in [1.54, 1.807) is 0 Å². The van der Waals surface area contributed by atoms with Crippen LogP contribution < -0.4 is 5.32 Å². The Morgan fingerprint density at radius 3 is 2.47 bits per heavy atom. The zero-order valence-corrected chi connectivity index (χ0v) is 8.65. The number of carbonyl (C=O) groups excluding carboxylic acids is 2. The second-order valence-electron chi connectivity index (χ2n) is 2.81. The van der Waals surface area contributed by atoms with Crippen LogP contribution in [0.2, 0.25) is 0 Å². The van der Waals surface area contributed by atoms with E-state index in [9.17, 15) is 14.4 Å². The minimum Gasteiger partial charge on any atom is -0.480 e. The van der Waals surface area contributed by atoms with Crippen LogP contribution >= 0.6 is 0 Å². The van der Waals surface area contributed by atoms with E-state index in [1.807, 2.05) is 0 Å². The molecule has 0 rings (SSSR count). The van der Waals surface area contributed by atoms with E-state index in [2.05, 4.69) is 10.1 Å². The van der Waals surface area contributed by atoms with Gasteiger partial charge in [-0.1, -0.05) is 0 Å². The first-order valence-corrected chi connectivity index (χ1v) is 4.25. The van der Waals surface area contributed by atoms with Crippen molar-refractivity contribution in [2.75, 3.05) is 27.2 Å². The molecule has 0 aromatic heterocycles. The molecule has 0 fully saturated rings. The number of amides is 2. The summed E-state index contributed by atoms with van der Waals surface area (Å²) in [5.74, 6) is -1.53. The molecule has 0 radical (unpaired) electrons. The summed E-state index contributed by atoms with van der Waals surface area (Å²) in [5.41, 5.74) is 0. The SMILES string of the molecule is COC(=O)CCNC(=O)N(C)CC(=O)O. The fourth-order valence-corrected chi connectivity index (χ4v) is 0.783. The lowest BCUT2D eigenvalue weighted by molar-refractivity contribution is -0.140. The molecule has 0 aliphatic rings. The van der Waals surface area contributed by atoms with Gasteiger partial charge in [0, 0.05) is 13.6 Å². The monoisotopic (exact) mass is 218 g/mol. The molecule has 0 unspecified atom stereocenters. The highest BCUT2D eigenvalue weighted by Crippen LogP contribution is 1.86. The molecule has 0 saturated heterocycles. The van der Waals surface area contributed by atoms with Crippen LogP contribution in [0.5, 0.6) is 0 Å². The van der Waals surface area contributed by atoms with E-state index in [0.29, 0.717) is 0 Å². The van der Waals surface area contributed by atoms with Crippen molar-refractivity contribution in [2.45, 2.75) is 6.42 Å². The van der Waals surface area contributed by atoms with Crippen LogP contribution in [0.3, 0.4) is 0 Å². The molecule has 0 aliphatic heterocycles. The number of ether oxygens (including phenoxy) is 1. The number of carboxylic acid groups (broad SMARTS) is 1. The number of hydrogen-bond acceptors (Lipinski definition) is 4. The number of nitrogens with zero attached hydrogens (tertiary/aromatic N) is 1. The number of esters is 1. The Hall–Kier alpha value is -1.79. The van der Waals surface area contributed by atoms with Gasteiger partial charge in [0.15, 0.2) is 0 Å². The molecule has 15 heavy (non-hydrogen) atoms. The molecule has 0 aromatic rings. The van der Waals surface area contributed by atoms with Gasteiger partial charge in [-0.25, -0.2) is 4.79 Å². The molecule has 7 nitrogen and oxygen atoms in total. The highest BCUT2D eigenvalue weighted by atomic mass is 16.5. The number of carbonyl (C=O) groups is 3. The van der Waals surface area contributed by atoms with Crippen LogP contribution in [0, 0.1) is 0 Å². The number of rotatable bonds is 5. The van der Waals surface area contributed by atoms with Gasteiger partial charge in [0.2, 0.25) is 0 Å². The highest BCUT2D eigenvalue weighted by molar-refractivity contribution is 5.80. The highest BCUT2D eigenvalue weighted by Gasteiger charge is 2.11. The van der Waals surface area contributed by atoms with Crippen molar-refractivity contribution < 1.29 is 24.2 Å². The first-order valence-electron chi connectivity index (χ1n) is 4.25. The van der Waals surface area contributed by atoms with Gasteiger partial charge in [-0.05, 0) is 0 Å². The molecule has 0 saturated carbocycles. The average Bonchev–Trinajstić information content (AvgIpc) is 2.16. The fourth-order valence-electron chi connectivity index (χ4n) is 0.783. The van der Waals surface area contributed by atoms with Crippen molar-refractivity contribution in [3.05, 3.63) is 0 Å². The summed E-state index contributed by atoms with van der Waals surface area (Å²) in [7, 11) is 2.60. The number of carboxylic acids is 1. The molecule has 7 heteroatoms. The quantitative estimate of drug-likeness (QED) is 0.593. The number of aliphatic carboxylic acids is 1. The molecule has 0 atom stereocenters.